The Labute approximate surface area is 160 Å². The fourth-order valence-corrected chi connectivity index (χ4v) is 3.25. The van der Waals surface area contributed by atoms with Gasteiger partial charge in [-0.1, -0.05) is 18.2 Å². The van der Waals surface area contributed by atoms with Crippen molar-refractivity contribution in [2.24, 2.45) is 0 Å². The number of aromatic amines is 1. The topological polar surface area (TPSA) is 66.5 Å². The summed E-state index contributed by atoms with van der Waals surface area (Å²) >= 11 is 0. The lowest BCUT2D eigenvalue weighted by Crippen LogP contribution is -2.00. The van der Waals surface area contributed by atoms with E-state index in [1.807, 2.05) is 43.3 Å². The minimum atomic E-state index is -0.314. The summed E-state index contributed by atoms with van der Waals surface area (Å²) in [6, 6.07) is 18.3. The van der Waals surface area contributed by atoms with Gasteiger partial charge < -0.3 is 5.32 Å². The van der Waals surface area contributed by atoms with Crippen molar-refractivity contribution < 1.29 is 4.39 Å². The highest BCUT2D eigenvalue weighted by atomic mass is 19.1. The number of benzene rings is 3. The van der Waals surface area contributed by atoms with Crippen molar-refractivity contribution >= 4 is 33.3 Å². The van der Waals surface area contributed by atoms with Gasteiger partial charge in [0, 0.05) is 22.0 Å². The normalized spacial score (nSPS) is 11.2. The second kappa shape index (κ2) is 6.42. The van der Waals surface area contributed by atoms with Crippen LogP contribution in [0.15, 0.2) is 66.9 Å². The summed E-state index contributed by atoms with van der Waals surface area (Å²) in [7, 11) is 0. The predicted octanol–water partition coefficient (Wildman–Crippen LogP) is 5.36. The second-order valence-electron chi connectivity index (χ2n) is 6.72. The highest BCUT2D eigenvalue weighted by Gasteiger charge is 2.11. The Hall–Kier alpha value is -3.80. The summed E-state index contributed by atoms with van der Waals surface area (Å²) in [5, 5.41) is 12.3. The lowest BCUT2D eigenvalue weighted by atomic mass is 10.1. The molecule has 2 aromatic heterocycles. The van der Waals surface area contributed by atoms with Crippen LogP contribution in [0.25, 0.3) is 33.2 Å². The minimum absolute atomic E-state index is 0.314. The van der Waals surface area contributed by atoms with Crippen LogP contribution in [0.3, 0.4) is 0 Å². The molecule has 0 atom stereocenters. The largest absolute Gasteiger partial charge is 0.340 e. The smallest absolute Gasteiger partial charge is 0.162 e. The zero-order valence-electron chi connectivity index (χ0n) is 15.1. The molecule has 0 unspecified atom stereocenters. The van der Waals surface area contributed by atoms with Gasteiger partial charge in [-0.3, -0.25) is 5.10 Å². The van der Waals surface area contributed by atoms with E-state index in [1.54, 1.807) is 18.3 Å². The highest BCUT2D eigenvalue weighted by molar-refractivity contribution is 5.93. The number of aromatic nitrogens is 4. The van der Waals surface area contributed by atoms with Crippen LogP contribution in [-0.2, 0) is 0 Å². The number of hydrogen-bond donors (Lipinski definition) is 2. The Bertz CT molecular complexity index is 1330. The van der Waals surface area contributed by atoms with E-state index in [4.69, 9.17) is 4.98 Å². The third-order valence-corrected chi connectivity index (χ3v) is 4.64. The Morgan fingerprint density at radius 1 is 0.964 bits per heavy atom. The first kappa shape index (κ1) is 16.4. The van der Waals surface area contributed by atoms with Crippen LogP contribution in [0.4, 0.5) is 15.9 Å². The number of nitrogens with zero attached hydrogens (tertiary/aromatic N) is 3. The molecule has 0 bridgehead atoms. The first-order valence-corrected chi connectivity index (χ1v) is 8.90. The standard InChI is InChI=1S/C22H16FN5/c1-13-5-7-18-20(9-13)26-21(14-3-2-4-16(23)10-14)27-22(18)25-17-6-8-19-15(11-17)12-24-28-19/h2-12H,1H3,(H,24,28)(H,25,26,27). The Morgan fingerprint density at radius 2 is 1.89 bits per heavy atom. The number of halogens is 1. The Morgan fingerprint density at radius 3 is 2.79 bits per heavy atom. The molecule has 0 saturated carbocycles. The summed E-state index contributed by atoms with van der Waals surface area (Å²) in [5.41, 5.74) is 4.40. The third-order valence-electron chi connectivity index (χ3n) is 4.64. The van der Waals surface area contributed by atoms with Crippen molar-refractivity contribution in [3.05, 3.63) is 78.2 Å². The lowest BCUT2D eigenvalue weighted by Gasteiger charge is -2.12. The van der Waals surface area contributed by atoms with E-state index in [1.165, 1.54) is 12.1 Å². The van der Waals surface area contributed by atoms with Gasteiger partial charge in [0.25, 0.3) is 0 Å². The number of fused-ring (bicyclic) bond motifs is 2. The summed E-state index contributed by atoms with van der Waals surface area (Å²) in [6.07, 6.45) is 1.78. The molecule has 0 aliphatic rings. The van der Waals surface area contributed by atoms with Crippen molar-refractivity contribution in [1.82, 2.24) is 20.2 Å². The molecule has 0 aliphatic carbocycles. The second-order valence-corrected chi connectivity index (χ2v) is 6.72. The predicted molar refractivity (Wildman–Crippen MR) is 109 cm³/mol. The molecule has 6 heteroatoms. The quantitative estimate of drug-likeness (QED) is 0.449. The fraction of sp³-hybridized carbons (Fsp3) is 0.0455. The zero-order valence-corrected chi connectivity index (χ0v) is 15.1. The monoisotopic (exact) mass is 369 g/mol. The van der Waals surface area contributed by atoms with E-state index in [9.17, 15) is 4.39 Å². The van der Waals surface area contributed by atoms with Gasteiger partial charge in [-0.25, -0.2) is 14.4 Å². The third kappa shape index (κ3) is 2.95. The molecule has 136 valence electrons. The summed E-state index contributed by atoms with van der Waals surface area (Å²) in [5.74, 6) is 0.835. The van der Waals surface area contributed by atoms with E-state index in [2.05, 4.69) is 20.5 Å². The maximum Gasteiger partial charge on any atom is 0.162 e. The maximum atomic E-state index is 13.7. The molecule has 0 saturated heterocycles. The molecular weight excluding hydrogens is 353 g/mol. The molecule has 0 amide bonds. The fourth-order valence-electron chi connectivity index (χ4n) is 3.25. The van der Waals surface area contributed by atoms with Gasteiger partial charge in [0.1, 0.15) is 11.6 Å². The van der Waals surface area contributed by atoms with E-state index in [0.717, 1.165) is 33.1 Å². The van der Waals surface area contributed by atoms with Crippen molar-refractivity contribution in [3.8, 4) is 11.4 Å². The molecule has 5 aromatic rings. The number of hydrogen-bond acceptors (Lipinski definition) is 4. The number of nitrogens with one attached hydrogen (secondary N) is 2. The first-order valence-electron chi connectivity index (χ1n) is 8.90. The summed E-state index contributed by atoms with van der Waals surface area (Å²) < 4.78 is 13.7. The number of rotatable bonds is 3. The molecule has 0 fully saturated rings. The van der Waals surface area contributed by atoms with E-state index in [0.29, 0.717) is 17.2 Å². The van der Waals surface area contributed by atoms with Gasteiger partial charge in [-0.2, -0.15) is 5.10 Å². The molecule has 3 aromatic carbocycles. The van der Waals surface area contributed by atoms with Crippen LogP contribution in [0.2, 0.25) is 0 Å². The molecule has 5 nitrogen and oxygen atoms in total. The van der Waals surface area contributed by atoms with Gasteiger partial charge in [0.2, 0.25) is 0 Å². The molecule has 0 aliphatic heterocycles. The first-order chi connectivity index (χ1) is 13.7. The van der Waals surface area contributed by atoms with Gasteiger partial charge in [0.15, 0.2) is 5.82 Å². The molecule has 0 spiro atoms. The van der Waals surface area contributed by atoms with Crippen LogP contribution in [-0.4, -0.2) is 20.2 Å². The molecule has 5 rings (SSSR count). The lowest BCUT2D eigenvalue weighted by molar-refractivity contribution is 0.628. The number of anilines is 2. The molecule has 2 N–H and O–H groups in total. The average molecular weight is 369 g/mol. The summed E-state index contributed by atoms with van der Waals surface area (Å²) in [4.78, 5) is 9.35. The van der Waals surface area contributed by atoms with Gasteiger partial charge >= 0.3 is 0 Å². The average Bonchev–Trinajstić information content (AvgIpc) is 3.15. The minimum Gasteiger partial charge on any atom is -0.340 e. The van der Waals surface area contributed by atoms with Crippen LogP contribution < -0.4 is 5.32 Å². The van der Waals surface area contributed by atoms with Crippen LogP contribution in [0, 0.1) is 12.7 Å². The molecule has 2 heterocycles. The molecule has 28 heavy (non-hydrogen) atoms. The Kier molecular flexibility index (Phi) is 3.76. The van der Waals surface area contributed by atoms with Gasteiger partial charge in [-0.15, -0.1) is 0 Å². The van der Waals surface area contributed by atoms with Crippen molar-refractivity contribution in [2.75, 3.05) is 5.32 Å². The van der Waals surface area contributed by atoms with Crippen LogP contribution >= 0.6 is 0 Å². The van der Waals surface area contributed by atoms with Gasteiger partial charge in [0.05, 0.1) is 17.2 Å². The van der Waals surface area contributed by atoms with E-state index in [-0.39, 0.29) is 5.82 Å². The highest BCUT2D eigenvalue weighted by Crippen LogP contribution is 2.29. The number of H-pyrrole nitrogens is 1. The zero-order chi connectivity index (χ0) is 19.1. The SMILES string of the molecule is Cc1ccc2c(Nc3ccc4[nH]ncc4c3)nc(-c3cccc(F)c3)nc2c1. The maximum absolute atomic E-state index is 13.7. The number of aryl methyl sites for hydroxylation is 1. The van der Waals surface area contributed by atoms with Crippen molar-refractivity contribution in [3.63, 3.8) is 0 Å². The Balaban J connectivity index is 1.67. The van der Waals surface area contributed by atoms with Crippen molar-refractivity contribution in [2.45, 2.75) is 6.92 Å². The van der Waals surface area contributed by atoms with E-state index >= 15 is 0 Å². The molecule has 0 radical (unpaired) electrons. The summed E-state index contributed by atoms with van der Waals surface area (Å²) in [6.45, 7) is 2.02. The van der Waals surface area contributed by atoms with E-state index < -0.39 is 0 Å². The van der Waals surface area contributed by atoms with Crippen LogP contribution in [0.1, 0.15) is 5.56 Å². The van der Waals surface area contributed by atoms with Crippen LogP contribution in [0.5, 0.6) is 0 Å². The van der Waals surface area contributed by atoms with Gasteiger partial charge in [-0.05, 0) is 55.0 Å². The van der Waals surface area contributed by atoms with Crippen molar-refractivity contribution in [1.29, 1.82) is 0 Å². The molecular formula is C22H16FN5.